The average molecular weight is 377 g/mol. The zero-order valence-corrected chi connectivity index (χ0v) is 15.6. The molecule has 27 heavy (non-hydrogen) atoms. The summed E-state index contributed by atoms with van der Waals surface area (Å²) in [5.74, 6) is -0.295. The van der Waals surface area contributed by atoms with Crippen LogP contribution >= 0.6 is 11.3 Å². The van der Waals surface area contributed by atoms with Crippen molar-refractivity contribution in [3.05, 3.63) is 88.1 Å². The van der Waals surface area contributed by atoms with Crippen molar-refractivity contribution < 1.29 is 9.59 Å². The molecule has 2 amide bonds. The Labute approximate surface area is 161 Å². The van der Waals surface area contributed by atoms with Crippen molar-refractivity contribution in [2.45, 2.75) is 13.3 Å². The van der Waals surface area contributed by atoms with E-state index in [1.54, 1.807) is 6.07 Å². The van der Waals surface area contributed by atoms with Crippen LogP contribution in [0.25, 0.3) is 0 Å². The van der Waals surface area contributed by atoms with Crippen LogP contribution < -0.4 is 10.7 Å². The van der Waals surface area contributed by atoms with E-state index >= 15 is 0 Å². The molecule has 136 valence electrons. The maximum atomic E-state index is 12.0. The first-order valence-electron chi connectivity index (χ1n) is 8.44. The highest BCUT2D eigenvalue weighted by molar-refractivity contribution is 7.12. The van der Waals surface area contributed by atoms with Gasteiger partial charge in [0, 0.05) is 5.69 Å². The monoisotopic (exact) mass is 377 g/mol. The minimum Gasteiger partial charge on any atom is -0.321 e. The summed E-state index contributed by atoms with van der Waals surface area (Å²) in [6, 6.07) is 20.5. The topological polar surface area (TPSA) is 70.6 Å². The molecule has 3 aromatic rings. The lowest BCUT2D eigenvalue weighted by atomic mass is 10.1. The Balaban J connectivity index is 1.56. The molecule has 0 unspecified atom stereocenters. The standard InChI is InChI=1S/C21H19N3O2S/c1-15(23-24-20(25)14-16-6-3-2-4-7-16)17-9-11-18(12-10-17)22-21(26)19-8-5-13-27-19/h2-13H,14H2,1H3,(H,22,26)(H,24,25)/b23-15+. The summed E-state index contributed by atoms with van der Waals surface area (Å²) < 4.78 is 0. The first-order valence-corrected chi connectivity index (χ1v) is 9.32. The molecule has 2 aromatic carbocycles. The smallest absolute Gasteiger partial charge is 0.265 e. The molecule has 0 atom stereocenters. The van der Waals surface area contributed by atoms with E-state index in [-0.39, 0.29) is 18.2 Å². The molecule has 0 bridgehead atoms. The molecule has 0 aliphatic heterocycles. The average Bonchev–Trinajstić information content (AvgIpc) is 3.22. The molecule has 0 radical (unpaired) electrons. The van der Waals surface area contributed by atoms with Gasteiger partial charge in [-0.3, -0.25) is 9.59 Å². The van der Waals surface area contributed by atoms with E-state index in [1.807, 2.05) is 73.0 Å². The van der Waals surface area contributed by atoms with Crippen molar-refractivity contribution in [2.75, 3.05) is 5.32 Å². The van der Waals surface area contributed by atoms with Gasteiger partial charge in [0.25, 0.3) is 5.91 Å². The van der Waals surface area contributed by atoms with Gasteiger partial charge >= 0.3 is 0 Å². The molecular formula is C21H19N3O2S. The van der Waals surface area contributed by atoms with Gasteiger partial charge in [-0.25, -0.2) is 5.43 Å². The number of carbonyl (C=O) groups is 2. The fraction of sp³-hybridized carbons (Fsp3) is 0.0952. The SMILES string of the molecule is C/C(=N\NC(=O)Cc1ccccc1)c1ccc(NC(=O)c2cccs2)cc1. The Morgan fingerprint density at radius 2 is 1.70 bits per heavy atom. The summed E-state index contributed by atoms with van der Waals surface area (Å²) >= 11 is 1.40. The lowest BCUT2D eigenvalue weighted by Gasteiger charge is -2.06. The Bertz CT molecular complexity index is 933. The second-order valence-electron chi connectivity index (χ2n) is 5.90. The molecule has 6 heteroatoms. The molecule has 1 heterocycles. The molecule has 0 saturated carbocycles. The second-order valence-corrected chi connectivity index (χ2v) is 6.85. The molecule has 0 saturated heterocycles. The van der Waals surface area contributed by atoms with Crippen LogP contribution in [-0.4, -0.2) is 17.5 Å². The third-order valence-corrected chi connectivity index (χ3v) is 4.73. The lowest BCUT2D eigenvalue weighted by Crippen LogP contribution is -2.21. The maximum absolute atomic E-state index is 12.0. The second kappa shape index (κ2) is 8.91. The number of hydrogen-bond acceptors (Lipinski definition) is 4. The normalized spacial score (nSPS) is 11.1. The highest BCUT2D eigenvalue weighted by atomic mass is 32.1. The van der Waals surface area contributed by atoms with Crippen LogP contribution in [0.3, 0.4) is 0 Å². The predicted octanol–water partition coefficient (Wildman–Crippen LogP) is 4.08. The van der Waals surface area contributed by atoms with Gasteiger partial charge in [-0.2, -0.15) is 5.10 Å². The number of nitrogens with one attached hydrogen (secondary N) is 2. The number of hydrogen-bond donors (Lipinski definition) is 2. The third kappa shape index (κ3) is 5.36. The van der Waals surface area contributed by atoms with E-state index < -0.39 is 0 Å². The fourth-order valence-corrected chi connectivity index (χ4v) is 3.05. The van der Waals surface area contributed by atoms with E-state index in [4.69, 9.17) is 0 Å². The summed E-state index contributed by atoms with van der Waals surface area (Å²) in [5, 5.41) is 8.87. The highest BCUT2D eigenvalue weighted by Crippen LogP contribution is 2.14. The van der Waals surface area contributed by atoms with Crippen molar-refractivity contribution >= 4 is 34.6 Å². The Morgan fingerprint density at radius 1 is 0.963 bits per heavy atom. The van der Waals surface area contributed by atoms with Gasteiger partial charge < -0.3 is 5.32 Å². The van der Waals surface area contributed by atoms with Crippen LogP contribution in [-0.2, 0) is 11.2 Å². The molecule has 3 rings (SSSR count). The number of carbonyl (C=O) groups excluding carboxylic acids is 2. The van der Waals surface area contributed by atoms with E-state index in [0.717, 1.165) is 11.1 Å². The van der Waals surface area contributed by atoms with Gasteiger partial charge in [0.1, 0.15) is 0 Å². The third-order valence-electron chi connectivity index (χ3n) is 3.86. The van der Waals surface area contributed by atoms with E-state index in [1.165, 1.54) is 11.3 Å². The zero-order valence-electron chi connectivity index (χ0n) is 14.8. The van der Waals surface area contributed by atoms with Crippen LogP contribution in [0, 0.1) is 0 Å². The van der Waals surface area contributed by atoms with Gasteiger partial charge in [-0.15, -0.1) is 11.3 Å². The number of hydrazone groups is 1. The summed E-state index contributed by atoms with van der Waals surface area (Å²) in [4.78, 5) is 24.7. The van der Waals surface area contributed by atoms with Crippen LogP contribution in [0.1, 0.15) is 27.7 Å². The quantitative estimate of drug-likeness (QED) is 0.502. The number of nitrogens with zero attached hydrogens (tertiary/aromatic N) is 1. The van der Waals surface area contributed by atoms with E-state index in [9.17, 15) is 9.59 Å². The molecule has 0 aliphatic carbocycles. The minimum absolute atomic E-state index is 0.128. The van der Waals surface area contributed by atoms with Crippen LogP contribution in [0.4, 0.5) is 5.69 Å². The van der Waals surface area contributed by atoms with Crippen molar-refractivity contribution in [1.82, 2.24) is 5.43 Å². The highest BCUT2D eigenvalue weighted by Gasteiger charge is 2.07. The van der Waals surface area contributed by atoms with Crippen LogP contribution in [0.5, 0.6) is 0 Å². The maximum Gasteiger partial charge on any atom is 0.265 e. The number of rotatable bonds is 6. The van der Waals surface area contributed by atoms with Crippen molar-refractivity contribution in [3.63, 3.8) is 0 Å². The Hall–Kier alpha value is -3.25. The van der Waals surface area contributed by atoms with Crippen molar-refractivity contribution in [2.24, 2.45) is 5.10 Å². The number of benzene rings is 2. The first-order chi connectivity index (χ1) is 13.1. The van der Waals surface area contributed by atoms with Gasteiger partial charge in [0.15, 0.2) is 0 Å². The van der Waals surface area contributed by atoms with Gasteiger partial charge in [0.05, 0.1) is 17.0 Å². The number of thiophene rings is 1. The number of amides is 2. The molecule has 1 aromatic heterocycles. The molecule has 0 fully saturated rings. The molecule has 5 nitrogen and oxygen atoms in total. The largest absolute Gasteiger partial charge is 0.321 e. The zero-order chi connectivity index (χ0) is 19.1. The lowest BCUT2D eigenvalue weighted by molar-refractivity contribution is -0.120. The van der Waals surface area contributed by atoms with Crippen molar-refractivity contribution in [1.29, 1.82) is 0 Å². The molecule has 0 aliphatic rings. The summed E-state index contributed by atoms with van der Waals surface area (Å²) in [5.41, 5.74) is 5.77. The molecular weight excluding hydrogens is 358 g/mol. The van der Waals surface area contributed by atoms with Crippen LogP contribution in [0.15, 0.2) is 77.2 Å². The summed E-state index contributed by atoms with van der Waals surface area (Å²) in [7, 11) is 0. The molecule has 2 N–H and O–H groups in total. The van der Waals surface area contributed by atoms with Gasteiger partial charge in [-0.1, -0.05) is 48.5 Å². The summed E-state index contributed by atoms with van der Waals surface area (Å²) in [6.45, 7) is 1.82. The van der Waals surface area contributed by atoms with E-state index in [2.05, 4.69) is 15.8 Å². The summed E-state index contributed by atoms with van der Waals surface area (Å²) in [6.07, 6.45) is 0.283. The van der Waals surface area contributed by atoms with Crippen LogP contribution in [0.2, 0.25) is 0 Å². The fourth-order valence-electron chi connectivity index (χ4n) is 2.43. The predicted molar refractivity (Wildman–Crippen MR) is 109 cm³/mol. The Morgan fingerprint density at radius 3 is 2.37 bits per heavy atom. The minimum atomic E-state index is -0.166. The van der Waals surface area contributed by atoms with Gasteiger partial charge in [0.2, 0.25) is 5.91 Å². The number of anilines is 1. The van der Waals surface area contributed by atoms with E-state index in [0.29, 0.717) is 16.3 Å². The van der Waals surface area contributed by atoms with Crippen molar-refractivity contribution in [3.8, 4) is 0 Å². The van der Waals surface area contributed by atoms with Gasteiger partial charge in [-0.05, 0) is 41.6 Å². The Kier molecular flexibility index (Phi) is 6.12. The molecule has 0 spiro atoms. The first kappa shape index (κ1) is 18.5.